The summed E-state index contributed by atoms with van der Waals surface area (Å²) < 4.78 is 45.1. The van der Waals surface area contributed by atoms with E-state index in [0.717, 1.165) is 15.9 Å². The third-order valence-corrected chi connectivity index (χ3v) is 4.48. The molecule has 3 rings (SSSR count). The number of hydrogen-bond acceptors (Lipinski definition) is 3. The number of nitrogens with zero attached hydrogens (tertiary/aromatic N) is 3. The molecule has 0 saturated carbocycles. The number of benzene rings is 1. The SMILES string of the molecule is CN=C(NCc1nccn1CC(F)(F)F)NC1CC(C)(C)Oc2ccccc21.I. The Bertz CT molecular complexity index is 850. The standard InChI is InChI=1S/C19H24F3N5O.HI/c1-18(2)10-14(13-6-4-5-7-15(13)28-18)26-17(23-3)25-11-16-24-8-9-27(16)12-19(20,21)22;/h4-9,14H,10-12H2,1-3H3,(H2,23,25,26);1H. The maximum Gasteiger partial charge on any atom is 0.406 e. The number of alkyl halides is 3. The molecule has 0 saturated heterocycles. The van der Waals surface area contributed by atoms with Gasteiger partial charge in [0.1, 0.15) is 23.7 Å². The van der Waals surface area contributed by atoms with Crippen LogP contribution >= 0.6 is 24.0 Å². The van der Waals surface area contributed by atoms with E-state index >= 15 is 0 Å². The Balaban J connectivity index is 0.00000300. The van der Waals surface area contributed by atoms with Crippen LogP contribution in [-0.4, -0.2) is 34.3 Å². The van der Waals surface area contributed by atoms with Crippen molar-refractivity contribution in [1.82, 2.24) is 20.2 Å². The lowest BCUT2D eigenvalue weighted by molar-refractivity contribution is -0.141. The van der Waals surface area contributed by atoms with E-state index in [9.17, 15) is 13.2 Å². The highest BCUT2D eigenvalue weighted by Crippen LogP contribution is 2.39. The van der Waals surface area contributed by atoms with Crippen LogP contribution in [0.3, 0.4) is 0 Å². The number of halogens is 4. The lowest BCUT2D eigenvalue weighted by Crippen LogP contribution is -2.45. The Labute approximate surface area is 185 Å². The summed E-state index contributed by atoms with van der Waals surface area (Å²) >= 11 is 0. The average Bonchev–Trinajstić information content (AvgIpc) is 3.02. The number of ether oxygens (including phenoxy) is 1. The van der Waals surface area contributed by atoms with Gasteiger partial charge in [-0.1, -0.05) is 18.2 Å². The quantitative estimate of drug-likeness (QED) is 0.361. The zero-order valence-electron chi connectivity index (χ0n) is 16.5. The largest absolute Gasteiger partial charge is 0.487 e. The third kappa shape index (κ3) is 6.25. The van der Waals surface area contributed by atoms with E-state index in [0.29, 0.717) is 12.4 Å². The number of rotatable bonds is 4. The van der Waals surface area contributed by atoms with Crippen molar-refractivity contribution in [3.63, 3.8) is 0 Å². The summed E-state index contributed by atoms with van der Waals surface area (Å²) in [6.07, 6.45) is -0.908. The summed E-state index contributed by atoms with van der Waals surface area (Å²) in [5.74, 6) is 1.58. The first-order valence-electron chi connectivity index (χ1n) is 8.99. The second kappa shape index (κ2) is 9.23. The van der Waals surface area contributed by atoms with Gasteiger partial charge in [0.25, 0.3) is 0 Å². The van der Waals surface area contributed by atoms with Gasteiger partial charge in [0.15, 0.2) is 5.96 Å². The normalized spacial score (nSPS) is 18.3. The summed E-state index contributed by atoms with van der Waals surface area (Å²) in [6.45, 7) is 3.08. The van der Waals surface area contributed by atoms with Crippen LogP contribution in [0, 0.1) is 0 Å². The molecule has 0 amide bonds. The molecule has 1 atom stereocenters. The number of nitrogens with one attached hydrogen (secondary N) is 2. The number of imidazole rings is 1. The Kier molecular flexibility index (Phi) is 7.41. The highest BCUT2D eigenvalue weighted by Gasteiger charge is 2.34. The van der Waals surface area contributed by atoms with Crippen molar-refractivity contribution in [2.45, 2.75) is 51.2 Å². The molecule has 1 aromatic carbocycles. The maximum absolute atomic E-state index is 12.7. The van der Waals surface area contributed by atoms with E-state index in [1.807, 2.05) is 38.1 Å². The first kappa shape index (κ1) is 23.3. The summed E-state index contributed by atoms with van der Waals surface area (Å²) in [5.41, 5.74) is 0.664. The maximum atomic E-state index is 12.7. The summed E-state index contributed by atoms with van der Waals surface area (Å²) in [5, 5.41) is 6.40. The Morgan fingerprint density at radius 2 is 2.07 bits per heavy atom. The van der Waals surface area contributed by atoms with Crippen molar-refractivity contribution in [2.75, 3.05) is 7.05 Å². The molecular formula is C19H25F3IN5O. The van der Waals surface area contributed by atoms with E-state index in [1.54, 1.807) is 7.05 Å². The van der Waals surface area contributed by atoms with E-state index in [4.69, 9.17) is 4.74 Å². The number of guanidine groups is 1. The van der Waals surface area contributed by atoms with Crippen LogP contribution in [0.5, 0.6) is 5.75 Å². The molecule has 1 aliphatic heterocycles. The minimum atomic E-state index is -4.30. The lowest BCUT2D eigenvalue weighted by atomic mass is 9.90. The molecule has 0 aliphatic carbocycles. The van der Waals surface area contributed by atoms with Gasteiger partial charge in [0.2, 0.25) is 0 Å². The van der Waals surface area contributed by atoms with E-state index in [1.165, 1.54) is 12.4 Å². The van der Waals surface area contributed by atoms with Crippen LogP contribution in [0.25, 0.3) is 0 Å². The van der Waals surface area contributed by atoms with Gasteiger partial charge in [0, 0.05) is 31.4 Å². The molecule has 1 aliphatic rings. The second-order valence-corrected chi connectivity index (χ2v) is 7.31. The molecule has 0 radical (unpaired) electrons. The number of fused-ring (bicyclic) bond motifs is 1. The molecule has 1 unspecified atom stereocenters. The van der Waals surface area contributed by atoms with Crippen molar-refractivity contribution in [3.05, 3.63) is 48.0 Å². The predicted octanol–water partition coefficient (Wildman–Crippen LogP) is 4.03. The van der Waals surface area contributed by atoms with Gasteiger partial charge in [0.05, 0.1) is 12.6 Å². The Morgan fingerprint density at radius 1 is 1.34 bits per heavy atom. The fraction of sp³-hybridized carbons (Fsp3) is 0.474. The molecule has 2 heterocycles. The van der Waals surface area contributed by atoms with Crippen LogP contribution in [0.4, 0.5) is 13.2 Å². The topological polar surface area (TPSA) is 63.5 Å². The van der Waals surface area contributed by atoms with Crippen molar-refractivity contribution in [1.29, 1.82) is 0 Å². The Morgan fingerprint density at radius 3 is 2.76 bits per heavy atom. The van der Waals surface area contributed by atoms with Gasteiger partial charge in [-0.05, 0) is 19.9 Å². The summed E-state index contributed by atoms with van der Waals surface area (Å²) in [7, 11) is 1.62. The van der Waals surface area contributed by atoms with Gasteiger partial charge in [-0.15, -0.1) is 24.0 Å². The molecule has 160 valence electrons. The first-order chi connectivity index (χ1) is 13.2. The van der Waals surface area contributed by atoms with E-state index < -0.39 is 12.7 Å². The molecule has 0 fully saturated rings. The van der Waals surface area contributed by atoms with Crippen LogP contribution in [0.1, 0.15) is 37.7 Å². The van der Waals surface area contributed by atoms with Gasteiger partial charge in [-0.3, -0.25) is 4.99 Å². The van der Waals surface area contributed by atoms with E-state index in [-0.39, 0.29) is 48.0 Å². The van der Waals surface area contributed by atoms with Gasteiger partial charge in [-0.25, -0.2) is 4.98 Å². The molecule has 0 spiro atoms. The van der Waals surface area contributed by atoms with Crippen LogP contribution in [0.2, 0.25) is 0 Å². The summed E-state index contributed by atoms with van der Waals surface area (Å²) in [6, 6.07) is 7.74. The van der Waals surface area contributed by atoms with Crippen molar-refractivity contribution in [2.24, 2.45) is 4.99 Å². The van der Waals surface area contributed by atoms with Gasteiger partial charge >= 0.3 is 6.18 Å². The average molecular weight is 523 g/mol. The molecule has 6 nitrogen and oxygen atoms in total. The van der Waals surface area contributed by atoms with Crippen LogP contribution in [-0.2, 0) is 13.1 Å². The Hall–Kier alpha value is -1.98. The van der Waals surface area contributed by atoms with Gasteiger partial charge in [-0.2, -0.15) is 13.2 Å². The minimum absolute atomic E-state index is 0. The van der Waals surface area contributed by atoms with Crippen molar-refractivity contribution < 1.29 is 17.9 Å². The molecular weight excluding hydrogens is 498 g/mol. The highest BCUT2D eigenvalue weighted by molar-refractivity contribution is 14.0. The molecule has 2 N–H and O–H groups in total. The minimum Gasteiger partial charge on any atom is -0.487 e. The number of para-hydroxylation sites is 1. The van der Waals surface area contributed by atoms with Crippen molar-refractivity contribution in [3.8, 4) is 5.75 Å². The highest BCUT2D eigenvalue weighted by atomic mass is 127. The third-order valence-electron chi connectivity index (χ3n) is 4.48. The van der Waals surface area contributed by atoms with Crippen molar-refractivity contribution >= 4 is 29.9 Å². The molecule has 0 bridgehead atoms. The monoisotopic (exact) mass is 523 g/mol. The number of hydrogen-bond donors (Lipinski definition) is 2. The smallest absolute Gasteiger partial charge is 0.406 e. The molecule has 2 aromatic rings. The van der Waals surface area contributed by atoms with Gasteiger partial charge < -0.3 is 19.9 Å². The fourth-order valence-electron chi connectivity index (χ4n) is 3.30. The predicted molar refractivity (Wildman–Crippen MR) is 116 cm³/mol. The fourth-order valence-corrected chi connectivity index (χ4v) is 3.30. The molecule has 29 heavy (non-hydrogen) atoms. The number of aromatic nitrogens is 2. The lowest BCUT2D eigenvalue weighted by Gasteiger charge is -2.38. The summed E-state index contributed by atoms with van der Waals surface area (Å²) in [4.78, 5) is 8.21. The molecule has 10 heteroatoms. The molecule has 1 aromatic heterocycles. The van der Waals surface area contributed by atoms with E-state index in [2.05, 4.69) is 20.6 Å². The second-order valence-electron chi connectivity index (χ2n) is 7.31. The zero-order valence-corrected chi connectivity index (χ0v) is 18.8. The first-order valence-corrected chi connectivity index (χ1v) is 8.99. The van der Waals surface area contributed by atoms with Crippen LogP contribution < -0.4 is 15.4 Å². The van der Waals surface area contributed by atoms with Crippen LogP contribution in [0.15, 0.2) is 41.7 Å². The number of aliphatic imine (C=N–C) groups is 1. The zero-order chi connectivity index (χ0) is 20.4.